The average molecular weight is 282 g/mol. The fraction of sp³-hybridized carbons (Fsp3) is 0. The number of halogens is 2. The number of amides is 1. The molecule has 2 aromatic carbocycles. The Morgan fingerprint density at radius 2 is 1.79 bits per heavy atom. The number of benzene rings is 2. The van der Waals surface area contributed by atoms with Gasteiger partial charge < -0.3 is 15.5 Å². The molecule has 0 heterocycles. The number of phenols is 2. The number of nitrogens with one attached hydrogen (secondary N) is 1. The van der Waals surface area contributed by atoms with Gasteiger partial charge in [-0.05, 0) is 30.3 Å². The fourth-order valence-corrected chi connectivity index (χ4v) is 1.62. The minimum absolute atomic E-state index is 0.0459. The number of rotatable bonds is 2. The smallest absolute Gasteiger partial charge is 0.255 e. The topological polar surface area (TPSA) is 69.6 Å². The molecule has 0 fully saturated rings. The lowest BCUT2D eigenvalue weighted by atomic mass is 10.2. The highest BCUT2D eigenvalue weighted by Crippen LogP contribution is 2.24. The van der Waals surface area contributed by atoms with Crippen LogP contribution in [-0.2, 0) is 0 Å². The number of carbonyl (C=O) groups is 1. The normalized spacial score (nSPS) is 10.2. The minimum atomic E-state index is -0.832. The van der Waals surface area contributed by atoms with E-state index in [9.17, 15) is 14.3 Å². The van der Waals surface area contributed by atoms with Crippen molar-refractivity contribution >= 4 is 23.2 Å². The summed E-state index contributed by atoms with van der Waals surface area (Å²) in [6.45, 7) is 0. The predicted molar refractivity (Wildman–Crippen MR) is 69.1 cm³/mol. The van der Waals surface area contributed by atoms with Crippen LogP contribution in [0.2, 0.25) is 5.02 Å². The van der Waals surface area contributed by atoms with Crippen LogP contribution in [0.3, 0.4) is 0 Å². The van der Waals surface area contributed by atoms with Crippen LogP contribution in [-0.4, -0.2) is 16.1 Å². The highest BCUT2D eigenvalue weighted by molar-refractivity contribution is 6.32. The van der Waals surface area contributed by atoms with Gasteiger partial charge in [0.15, 0.2) is 11.6 Å². The summed E-state index contributed by atoms with van der Waals surface area (Å²) >= 11 is 5.68. The molecule has 98 valence electrons. The van der Waals surface area contributed by atoms with E-state index in [4.69, 9.17) is 16.7 Å². The number of carbonyl (C=O) groups excluding carboxylic acids is 1. The van der Waals surface area contributed by atoms with Crippen molar-refractivity contribution in [3.8, 4) is 11.5 Å². The van der Waals surface area contributed by atoms with Gasteiger partial charge in [0.1, 0.15) is 5.75 Å². The largest absolute Gasteiger partial charge is 0.506 e. The van der Waals surface area contributed by atoms with Crippen LogP contribution in [0.4, 0.5) is 10.1 Å². The molecule has 2 aromatic rings. The number of aromatic hydroxyl groups is 2. The van der Waals surface area contributed by atoms with E-state index >= 15 is 0 Å². The summed E-state index contributed by atoms with van der Waals surface area (Å²) < 4.78 is 13.1. The highest BCUT2D eigenvalue weighted by Gasteiger charge is 2.10. The average Bonchev–Trinajstić information content (AvgIpc) is 2.37. The number of hydrogen-bond donors (Lipinski definition) is 3. The van der Waals surface area contributed by atoms with Crippen molar-refractivity contribution in [1.29, 1.82) is 0 Å². The first-order valence-corrected chi connectivity index (χ1v) is 5.63. The van der Waals surface area contributed by atoms with Gasteiger partial charge in [0.25, 0.3) is 5.91 Å². The van der Waals surface area contributed by atoms with Crippen LogP contribution >= 0.6 is 11.6 Å². The van der Waals surface area contributed by atoms with Crippen LogP contribution < -0.4 is 5.32 Å². The quantitative estimate of drug-likeness (QED) is 0.741. The Hall–Kier alpha value is -2.27. The summed E-state index contributed by atoms with van der Waals surface area (Å²) in [5, 5.41) is 20.8. The van der Waals surface area contributed by atoms with Gasteiger partial charge in [-0.2, -0.15) is 0 Å². The summed E-state index contributed by atoms with van der Waals surface area (Å²) in [6, 6.07) is 7.45. The van der Waals surface area contributed by atoms with Crippen molar-refractivity contribution in [3.63, 3.8) is 0 Å². The summed E-state index contributed by atoms with van der Waals surface area (Å²) in [5.74, 6) is -1.96. The lowest BCUT2D eigenvalue weighted by molar-refractivity contribution is 0.102. The van der Waals surface area contributed by atoms with E-state index in [1.165, 1.54) is 24.3 Å². The van der Waals surface area contributed by atoms with Gasteiger partial charge >= 0.3 is 0 Å². The first-order valence-electron chi connectivity index (χ1n) is 5.26. The Labute approximate surface area is 113 Å². The van der Waals surface area contributed by atoms with Crippen molar-refractivity contribution in [3.05, 3.63) is 52.8 Å². The van der Waals surface area contributed by atoms with Crippen LogP contribution in [0.25, 0.3) is 0 Å². The van der Waals surface area contributed by atoms with Crippen LogP contribution in [0.15, 0.2) is 36.4 Å². The van der Waals surface area contributed by atoms with Gasteiger partial charge in [-0.25, -0.2) is 4.39 Å². The van der Waals surface area contributed by atoms with Crippen LogP contribution in [0.5, 0.6) is 11.5 Å². The van der Waals surface area contributed by atoms with E-state index in [1.807, 2.05) is 0 Å². The lowest BCUT2D eigenvalue weighted by Crippen LogP contribution is -2.11. The van der Waals surface area contributed by atoms with E-state index in [-0.39, 0.29) is 22.0 Å². The van der Waals surface area contributed by atoms with Crippen LogP contribution in [0, 0.1) is 5.82 Å². The van der Waals surface area contributed by atoms with E-state index in [0.29, 0.717) is 0 Å². The number of hydrogen-bond acceptors (Lipinski definition) is 3. The van der Waals surface area contributed by atoms with Gasteiger partial charge in [0.2, 0.25) is 0 Å². The first kappa shape index (κ1) is 13.2. The van der Waals surface area contributed by atoms with Gasteiger partial charge in [0, 0.05) is 17.3 Å². The van der Waals surface area contributed by atoms with Crippen molar-refractivity contribution < 1.29 is 19.4 Å². The predicted octanol–water partition coefficient (Wildman–Crippen LogP) is 3.14. The molecule has 0 saturated heterocycles. The fourth-order valence-electron chi connectivity index (χ4n) is 1.44. The number of phenolic OH excluding ortho intramolecular Hbond substituents is 2. The monoisotopic (exact) mass is 281 g/mol. The Kier molecular flexibility index (Phi) is 3.57. The maximum atomic E-state index is 13.1. The van der Waals surface area contributed by atoms with Crippen molar-refractivity contribution in [2.45, 2.75) is 0 Å². The van der Waals surface area contributed by atoms with E-state index < -0.39 is 17.5 Å². The molecular weight excluding hydrogens is 273 g/mol. The minimum Gasteiger partial charge on any atom is -0.506 e. The molecule has 0 aliphatic heterocycles. The molecule has 6 heteroatoms. The molecule has 0 aromatic heterocycles. The Morgan fingerprint density at radius 3 is 2.42 bits per heavy atom. The standard InChI is InChI=1S/C13H9ClFNO3/c14-9-5-7(1-3-11(9)17)13(19)16-8-2-4-12(18)10(15)6-8/h1-6,17-18H,(H,16,19). The number of anilines is 1. The third kappa shape index (κ3) is 2.95. The summed E-state index contributed by atoms with van der Waals surface area (Å²) in [6.07, 6.45) is 0. The lowest BCUT2D eigenvalue weighted by Gasteiger charge is -2.06. The third-order valence-electron chi connectivity index (χ3n) is 2.42. The van der Waals surface area contributed by atoms with Crippen molar-refractivity contribution in [2.75, 3.05) is 5.32 Å². The Balaban J connectivity index is 2.20. The maximum absolute atomic E-state index is 13.1. The van der Waals surface area contributed by atoms with Gasteiger partial charge in [0.05, 0.1) is 5.02 Å². The molecule has 4 nitrogen and oxygen atoms in total. The Morgan fingerprint density at radius 1 is 1.11 bits per heavy atom. The molecule has 0 aliphatic rings. The highest BCUT2D eigenvalue weighted by atomic mass is 35.5. The zero-order valence-corrected chi connectivity index (χ0v) is 10.3. The molecule has 0 saturated carbocycles. The summed E-state index contributed by atoms with van der Waals surface area (Å²) in [5.41, 5.74) is 0.417. The molecule has 2 rings (SSSR count). The third-order valence-corrected chi connectivity index (χ3v) is 2.72. The molecule has 3 N–H and O–H groups in total. The van der Waals surface area contributed by atoms with E-state index in [1.54, 1.807) is 0 Å². The van der Waals surface area contributed by atoms with Gasteiger partial charge in [-0.1, -0.05) is 11.6 Å². The molecular formula is C13H9ClFNO3. The Bertz CT molecular complexity index is 646. The summed E-state index contributed by atoms with van der Waals surface area (Å²) in [4.78, 5) is 11.8. The molecule has 0 atom stereocenters. The molecule has 0 spiro atoms. The van der Waals surface area contributed by atoms with E-state index in [0.717, 1.165) is 12.1 Å². The maximum Gasteiger partial charge on any atom is 0.255 e. The SMILES string of the molecule is O=C(Nc1ccc(O)c(F)c1)c1ccc(O)c(Cl)c1. The van der Waals surface area contributed by atoms with Gasteiger partial charge in [-0.3, -0.25) is 4.79 Å². The van der Waals surface area contributed by atoms with Crippen molar-refractivity contribution in [1.82, 2.24) is 0 Å². The second kappa shape index (κ2) is 5.16. The second-order valence-electron chi connectivity index (χ2n) is 3.79. The summed E-state index contributed by atoms with van der Waals surface area (Å²) in [7, 11) is 0. The van der Waals surface area contributed by atoms with Gasteiger partial charge in [-0.15, -0.1) is 0 Å². The molecule has 19 heavy (non-hydrogen) atoms. The second-order valence-corrected chi connectivity index (χ2v) is 4.19. The van der Waals surface area contributed by atoms with Crippen LogP contribution in [0.1, 0.15) is 10.4 Å². The first-order chi connectivity index (χ1) is 8.97. The molecule has 0 bridgehead atoms. The molecule has 1 amide bonds. The molecule has 0 radical (unpaired) electrons. The van der Waals surface area contributed by atoms with E-state index in [2.05, 4.69) is 5.32 Å². The molecule has 0 aliphatic carbocycles. The van der Waals surface area contributed by atoms with Crippen molar-refractivity contribution in [2.24, 2.45) is 0 Å². The zero-order chi connectivity index (χ0) is 14.0. The molecule has 0 unspecified atom stereocenters. The zero-order valence-electron chi connectivity index (χ0n) is 9.52.